The van der Waals surface area contributed by atoms with Crippen molar-refractivity contribution in [2.24, 2.45) is 0 Å². The van der Waals surface area contributed by atoms with E-state index in [2.05, 4.69) is 5.32 Å². The van der Waals surface area contributed by atoms with Crippen molar-refractivity contribution in [2.75, 3.05) is 12.3 Å². The fourth-order valence-corrected chi connectivity index (χ4v) is 1.86. The molecule has 0 aliphatic heterocycles. The van der Waals surface area contributed by atoms with Gasteiger partial charge in [-0.2, -0.15) is 0 Å². The molecule has 0 atom stereocenters. The second kappa shape index (κ2) is 6.61. The fraction of sp³-hybridized carbons (Fsp3) is 0.188. The van der Waals surface area contributed by atoms with Crippen molar-refractivity contribution in [3.8, 4) is 5.75 Å². The molecule has 20 heavy (non-hydrogen) atoms. The Labute approximate surface area is 118 Å². The lowest BCUT2D eigenvalue weighted by atomic mass is 10.2. The van der Waals surface area contributed by atoms with E-state index >= 15 is 0 Å². The molecule has 0 saturated heterocycles. The van der Waals surface area contributed by atoms with Gasteiger partial charge in [-0.25, -0.2) is 0 Å². The number of hydrogen-bond acceptors (Lipinski definition) is 3. The van der Waals surface area contributed by atoms with Crippen LogP contribution < -0.4 is 15.8 Å². The van der Waals surface area contributed by atoms with Crippen LogP contribution in [0.15, 0.2) is 48.5 Å². The summed E-state index contributed by atoms with van der Waals surface area (Å²) in [5, 5.41) is 2.80. The Bertz CT molecular complexity index is 562. The van der Waals surface area contributed by atoms with E-state index in [1.165, 1.54) is 0 Å². The quantitative estimate of drug-likeness (QED) is 0.819. The van der Waals surface area contributed by atoms with Gasteiger partial charge in [-0.3, -0.25) is 4.79 Å². The predicted octanol–water partition coefficient (Wildman–Crippen LogP) is 2.27. The highest BCUT2D eigenvalue weighted by molar-refractivity contribution is 5.77. The molecule has 0 aliphatic rings. The van der Waals surface area contributed by atoms with Crippen LogP contribution in [0.25, 0.3) is 0 Å². The van der Waals surface area contributed by atoms with Crippen LogP contribution in [0.3, 0.4) is 0 Å². The number of ether oxygens (including phenoxy) is 1. The molecule has 2 aromatic carbocycles. The van der Waals surface area contributed by atoms with E-state index in [1.54, 1.807) is 6.07 Å². The van der Waals surface area contributed by atoms with E-state index < -0.39 is 0 Å². The first kappa shape index (κ1) is 13.9. The number of hydrogen-bond donors (Lipinski definition) is 2. The van der Waals surface area contributed by atoms with Gasteiger partial charge in [0.25, 0.3) is 5.91 Å². The Hall–Kier alpha value is -2.49. The largest absolute Gasteiger partial charge is 0.481 e. The number of aryl methyl sites for hydroxylation is 1. The summed E-state index contributed by atoms with van der Waals surface area (Å²) in [4.78, 5) is 11.7. The van der Waals surface area contributed by atoms with Crippen LogP contribution in [0.4, 0.5) is 5.69 Å². The zero-order valence-electron chi connectivity index (χ0n) is 11.4. The van der Waals surface area contributed by atoms with Crippen molar-refractivity contribution >= 4 is 11.6 Å². The predicted molar refractivity (Wildman–Crippen MR) is 79.4 cm³/mol. The third-order valence-corrected chi connectivity index (χ3v) is 2.92. The van der Waals surface area contributed by atoms with Crippen molar-refractivity contribution in [3.63, 3.8) is 0 Å². The lowest BCUT2D eigenvalue weighted by molar-refractivity contribution is -0.123. The molecule has 0 radical (unpaired) electrons. The van der Waals surface area contributed by atoms with Crippen molar-refractivity contribution in [1.82, 2.24) is 5.32 Å². The number of nitrogen functional groups attached to an aromatic ring is 1. The van der Waals surface area contributed by atoms with Crippen LogP contribution in [-0.2, 0) is 11.3 Å². The minimum atomic E-state index is -0.170. The number of para-hydroxylation sites is 1. The van der Waals surface area contributed by atoms with Gasteiger partial charge in [-0.05, 0) is 24.1 Å². The third-order valence-electron chi connectivity index (χ3n) is 2.92. The second-order valence-electron chi connectivity index (χ2n) is 4.54. The summed E-state index contributed by atoms with van der Waals surface area (Å²) in [6, 6.07) is 15.2. The number of amides is 1. The lowest BCUT2D eigenvalue weighted by Gasteiger charge is -2.11. The average molecular weight is 270 g/mol. The Morgan fingerprint density at radius 3 is 2.60 bits per heavy atom. The maximum atomic E-state index is 11.7. The van der Waals surface area contributed by atoms with Crippen LogP contribution in [0, 0.1) is 6.92 Å². The third kappa shape index (κ3) is 3.75. The zero-order valence-corrected chi connectivity index (χ0v) is 11.4. The minimum Gasteiger partial charge on any atom is -0.481 e. The van der Waals surface area contributed by atoms with Gasteiger partial charge in [0.15, 0.2) is 6.61 Å². The molecule has 0 spiro atoms. The average Bonchev–Trinajstić information content (AvgIpc) is 2.46. The van der Waals surface area contributed by atoms with Gasteiger partial charge in [0.2, 0.25) is 0 Å². The molecule has 0 fully saturated rings. The van der Waals surface area contributed by atoms with Crippen LogP contribution in [0.1, 0.15) is 11.1 Å². The van der Waals surface area contributed by atoms with Crippen molar-refractivity contribution in [3.05, 3.63) is 59.7 Å². The Balaban J connectivity index is 1.84. The minimum absolute atomic E-state index is 0.0398. The molecule has 2 aromatic rings. The Kier molecular flexibility index (Phi) is 4.60. The van der Waals surface area contributed by atoms with Crippen LogP contribution in [0.2, 0.25) is 0 Å². The molecule has 0 bridgehead atoms. The number of rotatable bonds is 5. The Morgan fingerprint density at radius 2 is 1.90 bits per heavy atom. The number of nitrogens with one attached hydrogen (secondary N) is 1. The van der Waals surface area contributed by atoms with E-state index in [9.17, 15) is 4.79 Å². The fourth-order valence-electron chi connectivity index (χ4n) is 1.86. The summed E-state index contributed by atoms with van der Waals surface area (Å²) in [5.74, 6) is 0.402. The molecule has 3 N–H and O–H groups in total. The summed E-state index contributed by atoms with van der Waals surface area (Å²) in [5.41, 5.74) is 8.33. The molecule has 0 saturated carbocycles. The first-order valence-electron chi connectivity index (χ1n) is 6.45. The number of benzene rings is 2. The molecule has 1 amide bonds. The zero-order chi connectivity index (χ0) is 14.4. The van der Waals surface area contributed by atoms with E-state index in [-0.39, 0.29) is 12.5 Å². The van der Waals surface area contributed by atoms with Crippen molar-refractivity contribution in [1.29, 1.82) is 0 Å². The highest BCUT2D eigenvalue weighted by atomic mass is 16.5. The topological polar surface area (TPSA) is 64.3 Å². The van der Waals surface area contributed by atoms with E-state index in [4.69, 9.17) is 10.5 Å². The van der Waals surface area contributed by atoms with Crippen molar-refractivity contribution < 1.29 is 9.53 Å². The molecule has 2 rings (SSSR count). The van der Waals surface area contributed by atoms with E-state index in [1.807, 2.05) is 49.4 Å². The summed E-state index contributed by atoms with van der Waals surface area (Å²) in [7, 11) is 0. The highest BCUT2D eigenvalue weighted by Crippen LogP contribution is 2.25. The standard InChI is InChI=1S/C16H18N2O2/c1-12-6-5-9-14(17)16(12)20-11-15(19)18-10-13-7-3-2-4-8-13/h2-9H,10-11,17H2,1H3,(H,18,19). The molecule has 4 heteroatoms. The van der Waals surface area contributed by atoms with Gasteiger partial charge in [-0.15, -0.1) is 0 Å². The molecule has 0 aliphatic carbocycles. The van der Waals surface area contributed by atoms with E-state index in [0.29, 0.717) is 18.0 Å². The van der Waals surface area contributed by atoms with Crippen LogP contribution >= 0.6 is 0 Å². The van der Waals surface area contributed by atoms with Gasteiger partial charge in [0.1, 0.15) is 5.75 Å². The molecule has 0 unspecified atom stereocenters. The Morgan fingerprint density at radius 1 is 1.15 bits per heavy atom. The van der Waals surface area contributed by atoms with Gasteiger partial charge < -0.3 is 15.8 Å². The SMILES string of the molecule is Cc1cccc(N)c1OCC(=O)NCc1ccccc1. The molecular formula is C16H18N2O2. The first-order valence-corrected chi connectivity index (χ1v) is 6.45. The monoisotopic (exact) mass is 270 g/mol. The van der Waals surface area contributed by atoms with Crippen LogP contribution in [-0.4, -0.2) is 12.5 Å². The van der Waals surface area contributed by atoms with Gasteiger partial charge in [0.05, 0.1) is 5.69 Å². The number of carbonyl (C=O) groups is 1. The number of carbonyl (C=O) groups excluding carboxylic acids is 1. The second-order valence-corrected chi connectivity index (χ2v) is 4.54. The molecule has 0 heterocycles. The van der Waals surface area contributed by atoms with Gasteiger partial charge >= 0.3 is 0 Å². The maximum Gasteiger partial charge on any atom is 0.258 e. The smallest absolute Gasteiger partial charge is 0.258 e. The van der Waals surface area contributed by atoms with Gasteiger partial charge in [-0.1, -0.05) is 42.5 Å². The summed E-state index contributed by atoms with van der Waals surface area (Å²) < 4.78 is 5.48. The molecule has 4 nitrogen and oxygen atoms in total. The number of anilines is 1. The maximum absolute atomic E-state index is 11.7. The summed E-state index contributed by atoms with van der Waals surface area (Å²) in [6.45, 7) is 2.35. The lowest BCUT2D eigenvalue weighted by Crippen LogP contribution is -2.28. The molecule has 104 valence electrons. The van der Waals surface area contributed by atoms with E-state index in [0.717, 1.165) is 11.1 Å². The number of nitrogens with two attached hydrogens (primary N) is 1. The van der Waals surface area contributed by atoms with Gasteiger partial charge in [0, 0.05) is 6.54 Å². The molecular weight excluding hydrogens is 252 g/mol. The summed E-state index contributed by atoms with van der Waals surface area (Å²) in [6.07, 6.45) is 0. The normalized spacial score (nSPS) is 10.1. The first-order chi connectivity index (χ1) is 9.66. The van der Waals surface area contributed by atoms with Crippen molar-refractivity contribution in [2.45, 2.75) is 13.5 Å². The summed E-state index contributed by atoms with van der Waals surface area (Å²) >= 11 is 0. The molecule has 0 aromatic heterocycles. The highest BCUT2D eigenvalue weighted by Gasteiger charge is 2.07. The van der Waals surface area contributed by atoms with Crippen LogP contribution in [0.5, 0.6) is 5.75 Å².